The predicted molar refractivity (Wildman–Crippen MR) is 69.0 cm³/mol. The smallest absolute Gasteiger partial charge is 0.319 e. The normalized spacial score (nSPS) is 10.3. The minimum Gasteiger partial charge on any atom is -0.337 e. The van der Waals surface area contributed by atoms with Gasteiger partial charge in [0.15, 0.2) is 0 Å². The van der Waals surface area contributed by atoms with E-state index in [1.54, 1.807) is 24.5 Å². The van der Waals surface area contributed by atoms with Gasteiger partial charge in [0, 0.05) is 19.3 Å². The van der Waals surface area contributed by atoms with Crippen molar-refractivity contribution < 1.29 is 4.79 Å². The van der Waals surface area contributed by atoms with Crippen LogP contribution in [0.5, 0.6) is 0 Å². The number of amides is 2. The van der Waals surface area contributed by atoms with Gasteiger partial charge in [0.25, 0.3) is 0 Å². The topological polar surface area (TPSA) is 57.3 Å². The number of rotatable bonds is 6. The number of nitrogens with zero attached hydrogens (tertiary/aromatic N) is 2. The molecule has 0 aliphatic carbocycles. The van der Waals surface area contributed by atoms with E-state index in [1.807, 2.05) is 0 Å². The van der Waals surface area contributed by atoms with Gasteiger partial charge in [-0.25, -0.2) is 4.79 Å². The average Bonchev–Trinajstić information content (AvgIpc) is 2.36. The van der Waals surface area contributed by atoms with E-state index in [2.05, 4.69) is 34.4 Å². The Kier molecular flexibility index (Phi) is 6.03. The van der Waals surface area contributed by atoms with Gasteiger partial charge < -0.3 is 15.5 Å². The lowest BCUT2D eigenvalue weighted by Gasteiger charge is -2.18. The largest absolute Gasteiger partial charge is 0.337 e. The maximum atomic E-state index is 11.5. The molecule has 17 heavy (non-hydrogen) atoms. The van der Waals surface area contributed by atoms with Crippen LogP contribution >= 0.6 is 0 Å². The summed E-state index contributed by atoms with van der Waals surface area (Å²) in [7, 11) is 0. The minimum atomic E-state index is -0.190. The number of nitrogens with one attached hydrogen (secondary N) is 2. The highest BCUT2D eigenvalue weighted by molar-refractivity contribution is 5.88. The summed E-state index contributed by atoms with van der Waals surface area (Å²) in [5, 5.41) is 5.53. The second-order valence-corrected chi connectivity index (χ2v) is 3.65. The molecule has 1 aromatic heterocycles. The number of carbonyl (C=O) groups is 1. The Morgan fingerprint density at radius 3 is 2.76 bits per heavy atom. The van der Waals surface area contributed by atoms with E-state index < -0.39 is 0 Å². The molecule has 0 unspecified atom stereocenters. The first-order valence-corrected chi connectivity index (χ1v) is 5.93. The van der Waals surface area contributed by atoms with Crippen molar-refractivity contribution in [3.63, 3.8) is 0 Å². The first-order chi connectivity index (χ1) is 8.26. The first kappa shape index (κ1) is 13.4. The van der Waals surface area contributed by atoms with Gasteiger partial charge in [-0.05, 0) is 25.2 Å². The summed E-state index contributed by atoms with van der Waals surface area (Å²) < 4.78 is 0. The summed E-state index contributed by atoms with van der Waals surface area (Å²) in [6.45, 7) is 7.74. The highest BCUT2D eigenvalue weighted by Crippen LogP contribution is 2.01. The van der Waals surface area contributed by atoms with Crippen molar-refractivity contribution in [1.29, 1.82) is 0 Å². The van der Waals surface area contributed by atoms with Crippen molar-refractivity contribution in [2.45, 2.75) is 13.8 Å². The zero-order valence-electron chi connectivity index (χ0n) is 10.4. The number of urea groups is 1. The molecule has 2 amide bonds. The van der Waals surface area contributed by atoms with Crippen LogP contribution in [0.3, 0.4) is 0 Å². The van der Waals surface area contributed by atoms with Crippen molar-refractivity contribution in [3.05, 3.63) is 24.5 Å². The summed E-state index contributed by atoms with van der Waals surface area (Å²) in [6.07, 6.45) is 3.29. The number of hydrogen-bond donors (Lipinski definition) is 2. The summed E-state index contributed by atoms with van der Waals surface area (Å²) in [6, 6.07) is 3.40. The maximum absolute atomic E-state index is 11.5. The highest BCUT2D eigenvalue weighted by atomic mass is 16.2. The third-order valence-corrected chi connectivity index (χ3v) is 2.53. The Labute approximate surface area is 102 Å². The maximum Gasteiger partial charge on any atom is 0.319 e. The van der Waals surface area contributed by atoms with Gasteiger partial charge in [-0.2, -0.15) is 0 Å². The third-order valence-electron chi connectivity index (χ3n) is 2.53. The number of hydrogen-bond acceptors (Lipinski definition) is 3. The fraction of sp³-hybridized carbons (Fsp3) is 0.500. The molecule has 0 aliphatic rings. The van der Waals surface area contributed by atoms with Gasteiger partial charge in [-0.15, -0.1) is 0 Å². The zero-order valence-corrected chi connectivity index (χ0v) is 10.4. The van der Waals surface area contributed by atoms with Crippen LogP contribution in [0, 0.1) is 0 Å². The molecule has 1 aromatic rings. The lowest BCUT2D eigenvalue weighted by atomic mass is 10.4. The Morgan fingerprint density at radius 1 is 1.41 bits per heavy atom. The molecule has 2 N–H and O–H groups in total. The Hall–Kier alpha value is -1.62. The van der Waals surface area contributed by atoms with Crippen molar-refractivity contribution in [3.8, 4) is 0 Å². The standard InChI is InChI=1S/C12H20N4O/c1-3-16(4-2)9-8-14-12(17)15-11-6-5-7-13-10-11/h5-7,10H,3-4,8-9H2,1-2H3,(H2,14,15,17). The van der Waals surface area contributed by atoms with Gasteiger partial charge in [0.1, 0.15) is 0 Å². The molecule has 0 saturated carbocycles. The fourth-order valence-corrected chi connectivity index (χ4v) is 1.48. The number of likely N-dealkylation sites (N-methyl/N-ethyl adjacent to an activating group) is 1. The Morgan fingerprint density at radius 2 is 2.18 bits per heavy atom. The predicted octanol–water partition coefficient (Wildman–Crippen LogP) is 1.54. The van der Waals surface area contributed by atoms with Gasteiger partial charge in [0.2, 0.25) is 0 Å². The van der Waals surface area contributed by atoms with Crippen LogP contribution in [-0.4, -0.2) is 42.1 Å². The lowest BCUT2D eigenvalue weighted by molar-refractivity contribution is 0.248. The van der Waals surface area contributed by atoms with Crippen LogP contribution in [0.2, 0.25) is 0 Å². The number of pyridine rings is 1. The van der Waals surface area contributed by atoms with E-state index in [9.17, 15) is 4.79 Å². The third kappa shape index (κ3) is 5.31. The van der Waals surface area contributed by atoms with Gasteiger partial charge in [-0.3, -0.25) is 4.98 Å². The van der Waals surface area contributed by atoms with Crippen LogP contribution in [0.4, 0.5) is 10.5 Å². The number of aromatic nitrogens is 1. The van der Waals surface area contributed by atoms with Gasteiger partial charge in [0.05, 0.1) is 11.9 Å². The first-order valence-electron chi connectivity index (χ1n) is 5.93. The molecule has 1 heterocycles. The molecule has 0 fully saturated rings. The molecule has 1 rings (SSSR count). The molecule has 0 spiro atoms. The molecule has 5 heteroatoms. The van der Waals surface area contributed by atoms with Gasteiger partial charge in [-0.1, -0.05) is 13.8 Å². The van der Waals surface area contributed by atoms with Crippen LogP contribution in [0.1, 0.15) is 13.8 Å². The van der Waals surface area contributed by atoms with Crippen LogP contribution in [0.15, 0.2) is 24.5 Å². The summed E-state index contributed by atoms with van der Waals surface area (Å²) in [4.78, 5) is 17.7. The molecular formula is C12H20N4O. The summed E-state index contributed by atoms with van der Waals surface area (Å²) >= 11 is 0. The molecule has 94 valence electrons. The Balaban J connectivity index is 2.22. The summed E-state index contributed by atoms with van der Waals surface area (Å²) in [5.74, 6) is 0. The second-order valence-electron chi connectivity index (χ2n) is 3.65. The zero-order chi connectivity index (χ0) is 12.5. The molecule has 0 atom stereocenters. The quantitative estimate of drug-likeness (QED) is 0.787. The van der Waals surface area contributed by atoms with Gasteiger partial charge >= 0.3 is 6.03 Å². The average molecular weight is 236 g/mol. The van der Waals surface area contributed by atoms with Crippen molar-refractivity contribution in [2.75, 3.05) is 31.5 Å². The highest BCUT2D eigenvalue weighted by Gasteiger charge is 2.02. The molecule has 0 bridgehead atoms. The molecular weight excluding hydrogens is 216 g/mol. The van der Waals surface area contributed by atoms with E-state index in [0.717, 1.165) is 19.6 Å². The van der Waals surface area contributed by atoms with E-state index in [4.69, 9.17) is 0 Å². The van der Waals surface area contributed by atoms with E-state index >= 15 is 0 Å². The van der Waals surface area contributed by atoms with E-state index in [-0.39, 0.29) is 6.03 Å². The minimum absolute atomic E-state index is 0.190. The molecule has 5 nitrogen and oxygen atoms in total. The van der Waals surface area contributed by atoms with Crippen molar-refractivity contribution >= 4 is 11.7 Å². The second kappa shape index (κ2) is 7.62. The van der Waals surface area contributed by atoms with Crippen molar-refractivity contribution in [2.24, 2.45) is 0 Å². The monoisotopic (exact) mass is 236 g/mol. The fourth-order valence-electron chi connectivity index (χ4n) is 1.48. The molecule has 0 saturated heterocycles. The molecule has 0 aliphatic heterocycles. The van der Waals surface area contributed by atoms with E-state index in [1.165, 1.54) is 0 Å². The molecule has 0 radical (unpaired) electrons. The van der Waals surface area contributed by atoms with Crippen LogP contribution in [0.25, 0.3) is 0 Å². The van der Waals surface area contributed by atoms with Crippen LogP contribution < -0.4 is 10.6 Å². The van der Waals surface area contributed by atoms with Crippen molar-refractivity contribution in [1.82, 2.24) is 15.2 Å². The number of carbonyl (C=O) groups excluding carboxylic acids is 1. The molecule has 0 aromatic carbocycles. The Bertz CT molecular complexity index is 325. The summed E-state index contributed by atoms with van der Waals surface area (Å²) in [5.41, 5.74) is 0.702. The van der Waals surface area contributed by atoms with Crippen LogP contribution in [-0.2, 0) is 0 Å². The van der Waals surface area contributed by atoms with E-state index in [0.29, 0.717) is 12.2 Å². The number of anilines is 1. The SMILES string of the molecule is CCN(CC)CCNC(=O)Nc1cccnc1. The lowest BCUT2D eigenvalue weighted by Crippen LogP contribution is -2.36.